The summed E-state index contributed by atoms with van der Waals surface area (Å²) in [5.74, 6) is 4.85. The van der Waals surface area contributed by atoms with Crippen molar-refractivity contribution < 1.29 is 39.2 Å². The molecule has 0 aliphatic carbocycles. The lowest BCUT2D eigenvalue weighted by molar-refractivity contribution is -0.160. The molecule has 9 heteroatoms. The Morgan fingerprint density at radius 3 is 2.61 bits per heavy atom. The molecule has 1 aliphatic rings. The summed E-state index contributed by atoms with van der Waals surface area (Å²) in [6.07, 6.45) is -7.45. The maximum Gasteiger partial charge on any atom is 0.508 e. The smallest absolute Gasteiger partial charge is 0.435 e. The van der Waals surface area contributed by atoms with Gasteiger partial charge in [-0.3, -0.25) is 4.84 Å². The van der Waals surface area contributed by atoms with Gasteiger partial charge in [-0.1, -0.05) is 0 Å². The van der Waals surface area contributed by atoms with E-state index in [1.807, 2.05) is 0 Å². The van der Waals surface area contributed by atoms with E-state index in [0.717, 1.165) is 0 Å². The average Bonchev–Trinajstić information content (AvgIpc) is 2.62. The first-order chi connectivity index (χ1) is 8.51. The molecule has 0 aromatic rings. The SMILES string of the molecule is CCOC(=O)OC[C@@H](O)[C@H]1O[C@H](O)[C@@H](ON)[C@H]1O. The number of ether oxygens (including phenoxy) is 3. The molecular formula is C9H17NO8. The number of aliphatic hydroxyl groups is 3. The topological polar surface area (TPSA) is 141 Å². The summed E-state index contributed by atoms with van der Waals surface area (Å²) in [6.45, 7) is 1.28. The molecule has 0 spiro atoms. The maximum atomic E-state index is 10.9. The van der Waals surface area contributed by atoms with E-state index in [0.29, 0.717) is 0 Å². The molecule has 9 nitrogen and oxygen atoms in total. The Bertz CT molecular complexity index is 275. The zero-order valence-corrected chi connectivity index (χ0v) is 9.76. The molecule has 0 saturated carbocycles. The molecule has 5 atom stereocenters. The van der Waals surface area contributed by atoms with Crippen molar-refractivity contribution in [3.05, 3.63) is 0 Å². The summed E-state index contributed by atoms with van der Waals surface area (Å²) in [4.78, 5) is 15.2. The fourth-order valence-electron chi connectivity index (χ4n) is 1.55. The molecule has 0 aromatic heterocycles. The van der Waals surface area contributed by atoms with E-state index in [1.54, 1.807) is 6.92 Å². The lowest BCUT2D eigenvalue weighted by Gasteiger charge is -2.20. The maximum absolute atomic E-state index is 10.9. The molecule has 106 valence electrons. The Morgan fingerprint density at radius 1 is 1.44 bits per heavy atom. The van der Waals surface area contributed by atoms with Crippen molar-refractivity contribution in [3.8, 4) is 0 Å². The second kappa shape index (κ2) is 6.83. The van der Waals surface area contributed by atoms with E-state index < -0.39 is 43.5 Å². The summed E-state index contributed by atoms with van der Waals surface area (Å²) >= 11 is 0. The molecule has 0 amide bonds. The van der Waals surface area contributed by atoms with Crippen LogP contribution >= 0.6 is 0 Å². The molecule has 1 aliphatic heterocycles. The molecule has 18 heavy (non-hydrogen) atoms. The van der Waals surface area contributed by atoms with Crippen LogP contribution in [-0.2, 0) is 19.0 Å². The predicted molar refractivity (Wildman–Crippen MR) is 54.9 cm³/mol. The van der Waals surface area contributed by atoms with Gasteiger partial charge in [-0.25, -0.2) is 10.7 Å². The van der Waals surface area contributed by atoms with Crippen LogP contribution in [0.15, 0.2) is 0 Å². The molecule has 0 bridgehead atoms. The molecule has 1 heterocycles. The van der Waals surface area contributed by atoms with Crippen LogP contribution in [0, 0.1) is 0 Å². The van der Waals surface area contributed by atoms with E-state index in [1.165, 1.54) is 0 Å². The third-order valence-electron chi connectivity index (χ3n) is 2.42. The molecule has 5 N–H and O–H groups in total. The highest BCUT2D eigenvalue weighted by Crippen LogP contribution is 2.24. The minimum absolute atomic E-state index is 0.138. The highest BCUT2D eigenvalue weighted by Gasteiger charge is 2.47. The van der Waals surface area contributed by atoms with Gasteiger partial charge in [-0.2, -0.15) is 0 Å². The monoisotopic (exact) mass is 267 g/mol. The Balaban J connectivity index is 2.43. The standard InChI is InChI=1S/C9H17NO8/c1-2-15-9(14)16-3-4(11)6-5(12)7(18-10)8(13)17-6/h4-8,11-13H,2-3,10H2,1H3/t4-,5+,6-,7+,8+/m1/s1. The van der Waals surface area contributed by atoms with Crippen molar-refractivity contribution in [3.63, 3.8) is 0 Å². The first kappa shape index (κ1) is 15.1. The minimum atomic E-state index is -1.47. The second-order valence-electron chi connectivity index (χ2n) is 3.64. The fourth-order valence-corrected chi connectivity index (χ4v) is 1.55. The van der Waals surface area contributed by atoms with Gasteiger partial charge in [-0.15, -0.1) is 0 Å². The van der Waals surface area contributed by atoms with Crippen LogP contribution in [-0.4, -0.2) is 65.4 Å². The van der Waals surface area contributed by atoms with Crippen molar-refractivity contribution in [2.75, 3.05) is 13.2 Å². The van der Waals surface area contributed by atoms with E-state index >= 15 is 0 Å². The summed E-state index contributed by atoms with van der Waals surface area (Å²) < 4.78 is 13.9. The summed E-state index contributed by atoms with van der Waals surface area (Å²) in [5, 5.41) is 28.6. The summed E-state index contributed by atoms with van der Waals surface area (Å²) in [5.41, 5.74) is 0. The molecule has 1 saturated heterocycles. The van der Waals surface area contributed by atoms with Crippen molar-refractivity contribution in [2.24, 2.45) is 5.90 Å². The number of aliphatic hydroxyl groups excluding tert-OH is 3. The van der Waals surface area contributed by atoms with E-state index in [2.05, 4.69) is 14.3 Å². The third-order valence-corrected chi connectivity index (χ3v) is 2.42. The van der Waals surface area contributed by atoms with Crippen LogP contribution in [0.25, 0.3) is 0 Å². The quantitative estimate of drug-likeness (QED) is 0.324. The molecule has 1 fully saturated rings. The number of hydrogen-bond acceptors (Lipinski definition) is 9. The van der Waals surface area contributed by atoms with Gasteiger partial charge in [0.2, 0.25) is 0 Å². The Morgan fingerprint density at radius 2 is 2.11 bits per heavy atom. The van der Waals surface area contributed by atoms with Gasteiger partial charge in [0.15, 0.2) is 12.4 Å². The molecule has 0 aromatic carbocycles. The zero-order valence-electron chi connectivity index (χ0n) is 9.76. The van der Waals surface area contributed by atoms with Crippen molar-refractivity contribution >= 4 is 6.16 Å². The van der Waals surface area contributed by atoms with Crippen LogP contribution in [0.5, 0.6) is 0 Å². The van der Waals surface area contributed by atoms with Gasteiger partial charge >= 0.3 is 6.16 Å². The summed E-state index contributed by atoms with van der Waals surface area (Å²) in [6, 6.07) is 0. The van der Waals surface area contributed by atoms with Crippen LogP contribution in [0.4, 0.5) is 4.79 Å². The Labute approximate surface area is 103 Å². The molecule has 1 rings (SSSR count). The Hall–Kier alpha value is -0.970. The van der Waals surface area contributed by atoms with Gasteiger partial charge < -0.3 is 29.5 Å². The highest BCUT2D eigenvalue weighted by molar-refractivity contribution is 5.59. The number of nitrogens with two attached hydrogens (primary N) is 1. The van der Waals surface area contributed by atoms with Crippen molar-refractivity contribution in [1.82, 2.24) is 0 Å². The minimum Gasteiger partial charge on any atom is -0.435 e. The molecular weight excluding hydrogens is 250 g/mol. The van der Waals surface area contributed by atoms with Gasteiger partial charge in [0.25, 0.3) is 0 Å². The van der Waals surface area contributed by atoms with Crippen molar-refractivity contribution in [1.29, 1.82) is 0 Å². The summed E-state index contributed by atoms with van der Waals surface area (Å²) in [7, 11) is 0. The van der Waals surface area contributed by atoms with Gasteiger partial charge in [0, 0.05) is 0 Å². The van der Waals surface area contributed by atoms with E-state index in [9.17, 15) is 20.1 Å². The van der Waals surface area contributed by atoms with Crippen LogP contribution < -0.4 is 5.90 Å². The van der Waals surface area contributed by atoms with Crippen molar-refractivity contribution in [2.45, 2.75) is 37.6 Å². The third kappa shape index (κ3) is 3.51. The molecule has 0 radical (unpaired) electrons. The number of carbonyl (C=O) groups is 1. The van der Waals surface area contributed by atoms with Crippen LogP contribution in [0.3, 0.4) is 0 Å². The van der Waals surface area contributed by atoms with E-state index in [4.69, 9.17) is 10.6 Å². The largest absolute Gasteiger partial charge is 0.508 e. The predicted octanol–water partition coefficient (Wildman–Crippen LogP) is -2.14. The fraction of sp³-hybridized carbons (Fsp3) is 0.889. The lowest BCUT2D eigenvalue weighted by Crippen LogP contribution is -2.43. The second-order valence-corrected chi connectivity index (χ2v) is 3.64. The number of rotatable bonds is 5. The van der Waals surface area contributed by atoms with Gasteiger partial charge in [0.1, 0.15) is 24.9 Å². The highest BCUT2D eigenvalue weighted by atomic mass is 16.7. The van der Waals surface area contributed by atoms with Crippen LogP contribution in [0.1, 0.15) is 6.92 Å². The van der Waals surface area contributed by atoms with E-state index in [-0.39, 0.29) is 6.61 Å². The number of hydrogen-bond donors (Lipinski definition) is 4. The first-order valence-electron chi connectivity index (χ1n) is 5.36. The van der Waals surface area contributed by atoms with Crippen LogP contribution in [0.2, 0.25) is 0 Å². The van der Waals surface area contributed by atoms with Gasteiger partial charge in [-0.05, 0) is 6.92 Å². The van der Waals surface area contributed by atoms with Gasteiger partial charge in [0.05, 0.1) is 6.61 Å². The average molecular weight is 267 g/mol. The Kier molecular flexibility index (Phi) is 5.72. The first-order valence-corrected chi connectivity index (χ1v) is 5.36. The normalized spacial score (nSPS) is 33.2. The zero-order chi connectivity index (χ0) is 13.7. The number of carbonyl (C=O) groups excluding carboxylic acids is 1. The molecule has 0 unspecified atom stereocenters. The lowest BCUT2D eigenvalue weighted by atomic mass is 10.1.